The number of hydrogen-bond donors (Lipinski definition) is 0. The molecule has 0 nitrogen and oxygen atoms in total. The lowest BCUT2D eigenvalue weighted by atomic mass is 10.0. The monoisotopic (exact) mass is 292 g/mol. The molecule has 2 aromatic carbocycles. The Morgan fingerprint density at radius 3 is 2.45 bits per heavy atom. The lowest BCUT2D eigenvalue weighted by Crippen LogP contribution is -1.81. The van der Waals surface area contributed by atoms with Crippen molar-refractivity contribution in [2.75, 3.05) is 0 Å². The second kappa shape index (κ2) is 9.25. The van der Waals surface area contributed by atoms with Gasteiger partial charge in [-0.25, -0.2) is 0 Å². The summed E-state index contributed by atoms with van der Waals surface area (Å²) in [5, 5.41) is 2.64. The molecule has 2 aromatic rings. The highest BCUT2D eigenvalue weighted by Crippen LogP contribution is 2.21. The van der Waals surface area contributed by atoms with Gasteiger partial charge in [-0.05, 0) is 60.6 Å². The quantitative estimate of drug-likeness (QED) is 0.357. The fourth-order valence-electron chi connectivity index (χ4n) is 2.70. The van der Waals surface area contributed by atoms with Crippen LogP contribution in [0.1, 0.15) is 57.9 Å². The largest absolute Gasteiger partial charge is 0.0885 e. The molecule has 0 saturated heterocycles. The SMILES string of the molecule is CCCCC/C=C/CC/C=C(/C)c1ccc2ccccc2c1. The van der Waals surface area contributed by atoms with Gasteiger partial charge in [-0.15, -0.1) is 0 Å². The Kier molecular flexibility index (Phi) is 6.96. The molecular weight excluding hydrogens is 264 g/mol. The van der Waals surface area contributed by atoms with Crippen molar-refractivity contribution in [2.45, 2.75) is 52.4 Å². The maximum Gasteiger partial charge on any atom is -0.0178 e. The zero-order valence-corrected chi connectivity index (χ0v) is 14.0. The Morgan fingerprint density at radius 1 is 0.864 bits per heavy atom. The smallest absolute Gasteiger partial charge is 0.0178 e. The minimum Gasteiger partial charge on any atom is -0.0885 e. The van der Waals surface area contributed by atoms with Crippen molar-refractivity contribution < 1.29 is 0 Å². The van der Waals surface area contributed by atoms with E-state index in [1.165, 1.54) is 47.6 Å². The summed E-state index contributed by atoms with van der Waals surface area (Å²) < 4.78 is 0. The van der Waals surface area contributed by atoms with Crippen LogP contribution in [0.3, 0.4) is 0 Å². The fourth-order valence-corrected chi connectivity index (χ4v) is 2.70. The summed E-state index contributed by atoms with van der Waals surface area (Å²) in [6.07, 6.45) is 14.5. The summed E-state index contributed by atoms with van der Waals surface area (Å²) >= 11 is 0. The standard InChI is InChI=1S/C22H28/c1-3-4-5-6-7-8-9-10-13-19(2)21-17-16-20-14-11-12-15-22(20)18-21/h7-8,11-18H,3-6,9-10H2,1-2H3/b8-7+,19-13-. The van der Waals surface area contributed by atoms with Crippen LogP contribution < -0.4 is 0 Å². The number of benzene rings is 2. The molecule has 2 rings (SSSR count). The first kappa shape index (κ1) is 16.5. The number of allylic oxidation sites excluding steroid dienone is 4. The van der Waals surface area contributed by atoms with E-state index >= 15 is 0 Å². The molecule has 0 aliphatic rings. The second-order valence-electron chi connectivity index (χ2n) is 5.99. The summed E-state index contributed by atoms with van der Waals surface area (Å²) in [6, 6.07) is 15.3. The molecule has 0 spiro atoms. The Balaban J connectivity index is 1.85. The third-order valence-corrected chi connectivity index (χ3v) is 4.13. The third-order valence-electron chi connectivity index (χ3n) is 4.13. The highest BCUT2D eigenvalue weighted by molar-refractivity contribution is 5.86. The summed E-state index contributed by atoms with van der Waals surface area (Å²) in [5.74, 6) is 0. The molecule has 0 aromatic heterocycles. The fraction of sp³-hybridized carbons (Fsp3) is 0.364. The minimum absolute atomic E-state index is 1.13. The Labute approximate surface area is 135 Å². The highest BCUT2D eigenvalue weighted by atomic mass is 14.0. The molecule has 0 N–H and O–H groups in total. The van der Waals surface area contributed by atoms with E-state index in [1.807, 2.05) is 0 Å². The lowest BCUT2D eigenvalue weighted by Gasteiger charge is -2.04. The van der Waals surface area contributed by atoms with Crippen LogP contribution in [0.25, 0.3) is 16.3 Å². The summed E-state index contributed by atoms with van der Waals surface area (Å²) in [6.45, 7) is 4.47. The van der Waals surface area contributed by atoms with E-state index in [1.54, 1.807) is 0 Å². The zero-order chi connectivity index (χ0) is 15.6. The van der Waals surface area contributed by atoms with E-state index < -0.39 is 0 Å². The number of hydrogen-bond acceptors (Lipinski definition) is 0. The van der Waals surface area contributed by atoms with Crippen molar-refractivity contribution in [1.29, 1.82) is 0 Å². The topological polar surface area (TPSA) is 0 Å². The van der Waals surface area contributed by atoms with Gasteiger partial charge in [0.1, 0.15) is 0 Å². The number of unbranched alkanes of at least 4 members (excludes halogenated alkanes) is 4. The molecule has 0 unspecified atom stereocenters. The molecule has 0 atom stereocenters. The molecule has 0 aliphatic heterocycles. The van der Waals surface area contributed by atoms with Gasteiger partial charge in [-0.2, -0.15) is 0 Å². The predicted molar refractivity (Wildman–Crippen MR) is 100 cm³/mol. The van der Waals surface area contributed by atoms with Gasteiger partial charge in [0.25, 0.3) is 0 Å². The molecule has 0 heterocycles. The average molecular weight is 292 g/mol. The Hall–Kier alpha value is -1.82. The van der Waals surface area contributed by atoms with E-state index in [0.717, 1.165) is 12.8 Å². The normalized spacial score (nSPS) is 12.4. The van der Waals surface area contributed by atoms with E-state index in [-0.39, 0.29) is 0 Å². The predicted octanol–water partition coefficient (Wildman–Crippen LogP) is 7.16. The first-order chi connectivity index (χ1) is 10.8. The van der Waals surface area contributed by atoms with Gasteiger partial charge in [0.05, 0.1) is 0 Å². The van der Waals surface area contributed by atoms with Gasteiger partial charge in [0.15, 0.2) is 0 Å². The summed E-state index contributed by atoms with van der Waals surface area (Å²) in [7, 11) is 0. The number of fused-ring (bicyclic) bond motifs is 1. The minimum atomic E-state index is 1.13. The van der Waals surface area contributed by atoms with Crippen LogP contribution in [0.5, 0.6) is 0 Å². The molecule has 0 saturated carbocycles. The maximum atomic E-state index is 2.36. The van der Waals surface area contributed by atoms with Gasteiger partial charge in [0, 0.05) is 0 Å². The molecule has 0 bridgehead atoms. The van der Waals surface area contributed by atoms with Crippen molar-refractivity contribution in [3.8, 4) is 0 Å². The first-order valence-corrected chi connectivity index (χ1v) is 8.62. The highest BCUT2D eigenvalue weighted by Gasteiger charge is 1.97. The molecule has 0 heteroatoms. The van der Waals surface area contributed by atoms with Crippen LogP contribution in [0.2, 0.25) is 0 Å². The molecule has 0 fully saturated rings. The third kappa shape index (κ3) is 5.18. The van der Waals surface area contributed by atoms with E-state index in [9.17, 15) is 0 Å². The van der Waals surface area contributed by atoms with E-state index in [2.05, 4.69) is 74.5 Å². The summed E-state index contributed by atoms with van der Waals surface area (Å²) in [5.41, 5.74) is 2.72. The van der Waals surface area contributed by atoms with Crippen molar-refractivity contribution in [1.82, 2.24) is 0 Å². The molecule has 0 radical (unpaired) electrons. The maximum absolute atomic E-state index is 2.36. The van der Waals surface area contributed by atoms with Gasteiger partial charge >= 0.3 is 0 Å². The zero-order valence-electron chi connectivity index (χ0n) is 14.0. The molecule has 22 heavy (non-hydrogen) atoms. The van der Waals surface area contributed by atoms with Crippen molar-refractivity contribution >= 4 is 16.3 Å². The van der Waals surface area contributed by atoms with Crippen LogP contribution in [0.15, 0.2) is 60.7 Å². The van der Waals surface area contributed by atoms with Crippen LogP contribution in [-0.2, 0) is 0 Å². The van der Waals surface area contributed by atoms with Crippen LogP contribution in [0.4, 0.5) is 0 Å². The van der Waals surface area contributed by atoms with Gasteiger partial charge in [-0.1, -0.05) is 74.4 Å². The van der Waals surface area contributed by atoms with E-state index in [4.69, 9.17) is 0 Å². The average Bonchev–Trinajstić information content (AvgIpc) is 2.56. The Morgan fingerprint density at radius 2 is 1.64 bits per heavy atom. The van der Waals surface area contributed by atoms with E-state index in [0.29, 0.717) is 0 Å². The molecule has 0 aliphatic carbocycles. The molecule has 0 amide bonds. The van der Waals surface area contributed by atoms with Gasteiger partial charge in [-0.3, -0.25) is 0 Å². The Bertz CT molecular complexity index is 631. The van der Waals surface area contributed by atoms with Crippen molar-refractivity contribution in [3.05, 3.63) is 66.3 Å². The van der Waals surface area contributed by atoms with Gasteiger partial charge in [0.2, 0.25) is 0 Å². The second-order valence-corrected chi connectivity index (χ2v) is 5.99. The molecular formula is C22H28. The van der Waals surface area contributed by atoms with Crippen LogP contribution in [-0.4, -0.2) is 0 Å². The van der Waals surface area contributed by atoms with Crippen molar-refractivity contribution in [3.63, 3.8) is 0 Å². The van der Waals surface area contributed by atoms with Crippen molar-refractivity contribution in [2.24, 2.45) is 0 Å². The lowest BCUT2D eigenvalue weighted by molar-refractivity contribution is 0.728. The number of rotatable bonds is 8. The summed E-state index contributed by atoms with van der Waals surface area (Å²) in [4.78, 5) is 0. The molecule has 116 valence electrons. The first-order valence-electron chi connectivity index (χ1n) is 8.62. The van der Waals surface area contributed by atoms with Gasteiger partial charge < -0.3 is 0 Å². The van der Waals surface area contributed by atoms with Crippen LogP contribution in [0, 0.1) is 0 Å². The van der Waals surface area contributed by atoms with Crippen LogP contribution >= 0.6 is 0 Å².